The zero-order chi connectivity index (χ0) is 36.6. The van der Waals surface area contributed by atoms with Crippen molar-refractivity contribution in [1.29, 1.82) is 0 Å². The van der Waals surface area contributed by atoms with Crippen molar-refractivity contribution in [3.63, 3.8) is 0 Å². The van der Waals surface area contributed by atoms with Crippen molar-refractivity contribution in [1.82, 2.24) is 24.9 Å². The van der Waals surface area contributed by atoms with Crippen molar-refractivity contribution in [3.8, 4) is 79.1 Å². The van der Waals surface area contributed by atoms with Gasteiger partial charge in [0.2, 0.25) is 5.71 Å². The molecule has 0 saturated carbocycles. The molecule has 0 spiro atoms. The quantitative estimate of drug-likeness (QED) is 0.164. The van der Waals surface area contributed by atoms with Gasteiger partial charge in [0, 0.05) is 33.2 Å². The number of para-hydroxylation sites is 1. The minimum atomic E-state index is 0.572. The number of nitrogens with zero attached hydrogens (tertiary/aromatic N) is 5. The van der Waals surface area contributed by atoms with Crippen molar-refractivity contribution in [2.45, 2.75) is 0 Å². The van der Waals surface area contributed by atoms with E-state index in [9.17, 15) is 0 Å². The molecule has 0 saturated heterocycles. The predicted octanol–water partition coefficient (Wildman–Crippen LogP) is 12.2. The molecule has 0 amide bonds. The topological polar surface area (TPSA) is 77.6 Å². The third-order valence-corrected chi connectivity index (χ3v) is 9.76. The van der Waals surface area contributed by atoms with E-state index in [0.29, 0.717) is 29.0 Å². The molecule has 258 valence electrons. The van der Waals surface area contributed by atoms with E-state index >= 15 is 0 Å². The summed E-state index contributed by atoms with van der Waals surface area (Å²) in [5.41, 5.74) is 11.2. The smallest absolute Gasteiger partial charge is 0.231 e. The maximum absolute atomic E-state index is 6.29. The minimum absolute atomic E-state index is 0.572. The summed E-state index contributed by atoms with van der Waals surface area (Å²) in [5, 5.41) is 1.89. The molecular formula is C49H31N5O. The first kappa shape index (κ1) is 32.1. The molecule has 10 rings (SSSR count). The van der Waals surface area contributed by atoms with Crippen molar-refractivity contribution in [2.75, 3.05) is 0 Å². The second-order valence-corrected chi connectivity index (χ2v) is 13.3. The predicted molar refractivity (Wildman–Crippen MR) is 221 cm³/mol. The van der Waals surface area contributed by atoms with E-state index in [4.69, 9.17) is 29.3 Å². The Hall–Kier alpha value is -7.57. The fraction of sp³-hybridized carbons (Fsp3) is 0. The van der Waals surface area contributed by atoms with E-state index in [0.717, 1.165) is 72.1 Å². The number of furan rings is 1. The Balaban J connectivity index is 1.05. The second kappa shape index (κ2) is 13.8. The molecule has 0 aliphatic heterocycles. The SMILES string of the molecule is c1ccc(-c2nc(-c3ccccc3)nc(-c3cccc(-c4cccc(-c5cccc(-c6nc(-c7ccccc7)nc7oc8ccccc8c67)c5)c4)c3)n2)cc1. The van der Waals surface area contributed by atoms with Crippen LogP contribution in [0.5, 0.6) is 0 Å². The molecular weight excluding hydrogens is 675 g/mol. The van der Waals surface area contributed by atoms with Gasteiger partial charge in [0.05, 0.1) is 11.1 Å². The Bertz CT molecular complexity index is 2920. The summed E-state index contributed by atoms with van der Waals surface area (Å²) in [7, 11) is 0. The standard InChI is InChI=1S/C49H31N5O/c1-4-15-32(16-5-1)45-50-44(43-41-27-10-11-28-42(41)55-49(43)54-45)39-25-13-23-37(30-39)35-21-12-22-36(29-35)38-24-14-26-40(31-38)48-52-46(33-17-6-2-7-18-33)51-47(53-48)34-19-8-3-9-20-34/h1-31H. The molecule has 0 fully saturated rings. The third-order valence-electron chi connectivity index (χ3n) is 9.76. The average molecular weight is 706 g/mol. The molecule has 0 radical (unpaired) electrons. The normalized spacial score (nSPS) is 11.3. The third kappa shape index (κ3) is 6.22. The van der Waals surface area contributed by atoms with Gasteiger partial charge in [-0.05, 0) is 46.5 Å². The van der Waals surface area contributed by atoms with Gasteiger partial charge in [-0.2, -0.15) is 4.98 Å². The van der Waals surface area contributed by atoms with E-state index < -0.39 is 0 Å². The van der Waals surface area contributed by atoms with Crippen LogP contribution in [-0.2, 0) is 0 Å². The van der Waals surface area contributed by atoms with Crippen LogP contribution in [0.1, 0.15) is 0 Å². The lowest BCUT2D eigenvalue weighted by molar-refractivity contribution is 0.653. The summed E-state index contributed by atoms with van der Waals surface area (Å²) < 4.78 is 6.29. The van der Waals surface area contributed by atoms with Gasteiger partial charge in [-0.1, -0.05) is 164 Å². The fourth-order valence-corrected chi connectivity index (χ4v) is 7.05. The molecule has 3 aromatic heterocycles. The van der Waals surface area contributed by atoms with Crippen LogP contribution in [0.4, 0.5) is 0 Å². The van der Waals surface area contributed by atoms with Crippen LogP contribution in [0.15, 0.2) is 192 Å². The van der Waals surface area contributed by atoms with E-state index in [-0.39, 0.29) is 0 Å². The van der Waals surface area contributed by atoms with Crippen LogP contribution in [0.3, 0.4) is 0 Å². The highest BCUT2D eigenvalue weighted by molar-refractivity contribution is 6.10. The van der Waals surface area contributed by atoms with E-state index in [1.54, 1.807) is 0 Å². The number of hydrogen-bond acceptors (Lipinski definition) is 6. The molecule has 0 N–H and O–H groups in total. The molecule has 7 aromatic carbocycles. The number of benzene rings is 7. The average Bonchev–Trinajstić information content (AvgIpc) is 3.66. The zero-order valence-electron chi connectivity index (χ0n) is 29.5. The summed E-state index contributed by atoms with van der Waals surface area (Å²) >= 11 is 0. The maximum Gasteiger partial charge on any atom is 0.231 e. The van der Waals surface area contributed by atoms with Crippen LogP contribution in [0.2, 0.25) is 0 Å². The molecule has 0 aliphatic carbocycles. The van der Waals surface area contributed by atoms with Gasteiger partial charge < -0.3 is 4.42 Å². The van der Waals surface area contributed by atoms with Crippen molar-refractivity contribution in [2.24, 2.45) is 0 Å². The van der Waals surface area contributed by atoms with Crippen LogP contribution < -0.4 is 0 Å². The first-order valence-electron chi connectivity index (χ1n) is 18.2. The Labute approximate surface area is 317 Å². The Morgan fingerprint density at radius 1 is 0.291 bits per heavy atom. The molecule has 0 unspecified atom stereocenters. The Kier molecular flexibility index (Phi) is 8.04. The van der Waals surface area contributed by atoms with Gasteiger partial charge in [-0.15, -0.1) is 0 Å². The summed E-state index contributed by atoms with van der Waals surface area (Å²) in [6.07, 6.45) is 0. The highest BCUT2D eigenvalue weighted by atomic mass is 16.3. The molecule has 55 heavy (non-hydrogen) atoms. The van der Waals surface area contributed by atoms with Gasteiger partial charge in [0.25, 0.3) is 0 Å². The molecule has 0 aliphatic rings. The molecule has 0 bridgehead atoms. The van der Waals surface area contributed by atoms with Crippen molar-refractivity contribution in [3.05, 3.63) is 188 Å². The first-order chi connectivity index (χ1) is 27.2. The van der Waals surface area contributed by atoms with Gasteiger partial charge in [-0.3, -0.25) is 0 Å². The van der Waals surface area contributed by atoms with Gasteiger partial charge in [0.15, 0.2) is 23.3 Å². The van der Waals surface area contributed by atoms with Crippen LogP contribution in [0, 0.1) is 0 Å². The molecule has 10 aromatic rings. The lowest BCUT2D eigenvalue weighted by Gasteiger charge is -2.11. The van der Waals surface area contributed by atoms with E-state index in [2.05, 4.69) is 78.9 Å². The summed E-state index contributed by atoms with van der Waals surface area (Å²) in [6, 6.07) is 63.7. The Morgan fingerprint density at radius 2 is 0.673 bits per heavy atom. The zero-order valence-corrected chi connectivity index (χ0v) is 29.5. The minimum Gasteiger partial charge on any atom is -0.438 e. The lowest BCUT2D eigenvalue weighted by atomic mass is 9.96. The maximum atomic E-state index is 6.29. The summed E-state index contributed by atoms with van der Waals surface area (Å²) in [5.74, 6) is 2.52. The largest absolute Gasteiger partial charge is 0.438 e. The number of aromatic nitrogens is 5. The number of hydrogen-bond donors (Lipinski definition) is 0. The van der Waals surface area contributed by atoms with Crippen LogP contribution in [-0.4, -0.2) is 24.9 Å². The monoisotopic (exact) mass is 705 g/mol. The lowest BCUT2D eigenvalue weighted by Crippen LogP contribution is -2.00. The summed E-state index contributed by atoms with van der Waals surface area (Å²) in [4.78, 5) is 24.8. The highest BCUT2D eigenvalue weighted by Crippen LogP contribution is 2.38. The molecule has 3 heterocycles. The van der Waals surface area contributed by atoms with Crippen molar-refractivity contribution < 1.29 is 4.42 Å². The Morgan fingerprint density at radius 3 is 1.22 bits per heavy atom. The van der Waals surface area contributed by atoms with E-state index in [1.807, 2.05) is 109 Å². The van der Waals surface area contributed by atoms with Crippen molar-refractivity contribution >= 4 is 22.1 Å². The second-order valence-electron chi connectivity index (χ2n) is 13.3. The van der Waals surface area contributed by atoms with Crippen LogP contribution >= 0.6 is 0 Å². The summed E-state index contributed by atoms with van der Waals surface area (Å²) in [6.45, 7) is 0. The van der Waals surface area contributed by atoms with Gasteiger partial charge >= 0.3 is 0 Å². The first-order valence-corrected chi connectivity index (χ1v) is 18.2. The molecule has 6 nitrogen and oxygen atoms in total. The number of fused-ring (bicyclic) bond motifs is 3. The van der Waals surface area contributed by atoms with E-state index in [1.165, 1.54) is 0 Å². The fourth-order valence-electron chi connectivity index (χ4n) is 7.05. The number of rotatable bonds is 7. The van der Waals surface area contributed by atoms with Gasteiger partial charge in [0.1, 0.15) is 5.58 Å². The molecule has 6 heteroatoms. The molecule has 0 atom stereocenters. The van der Waals surface area contributed by atoms with Crippen LogP contribution in [0.25, 0.3) is 101 Å². The van der Waals surface area contributed by atoms with Gasteiger partial charge in [-0.25, -0.2) is 19.9 Å². The highest BCUT2D eigenvalue weighted by Gasteiger charge is 2.19.